The number of furan rings is 1. The topological polar surface area (TPSA) is 142 Å². The Kier molecular flexibility index (Phi) is 31.1. The molecule has 0 fully saturated rings. The second-order valence-electron chi connectivity index (χ2n) is 16.9. The van der Waals surface area contributed by atoms with Crippen LogP contribution in [0.4, 0.5) is 0 Å². The molecule has 0 saturated carbocycles. The molecule has 0 saturated heterocycles. The van der Waals surface area contributed by atoms with Crippen molar-refractivity contribution in [2.45, 2.75) is 175 Å². The summed E-state index contributed by atoms with van der Waals surface area (Å²) in [6.45, 7) is 8.39. The van der Waals surface area contributed by atoms with Crippen molar-refractivity contribution in [2.75, 3.05) is 47.5 Å². The van der Waals surface area contributed by atoms with Crippen LogP contribution in [0.5, 0.6) is 0 Å². The van der Waals surface area contributed by atoms with E-state index in [2.05, 4.69) is 52.0 Å². The predicted octanol–water partition coefficient (Wildman–Crippen LogP) is 11.3. The molecule has 0 bridgehead atoms. The van der Waals surface area contributed by atoms with Gasteiger partial charge < -0.3 is 28.4 Å². The Morgan fingerprint density at radius 1 is 0.717 bits per heavy atom. The number of aryl methyl sites for hydroxylation is 2. The Balaban J connectivity index is 2.47. The van der Waals surface area contributed by atoms with E-state index in [1.165, 1.54) is 49.7 Å². The summed E-state index contributed by atoms with van der Waals surface area (Å²) >= 11 is 0. The molecule has 1 aromatic rings. The molecule has 0 amide bonds. The lowest BCUT2D eigenvalue weighted by Crippen LogP contribution is -2.37. The summed E-state index contributed by atoms with van der Waals surface area (Å²) in [4.78, 5) is 35.6. The third-order valence-corrected chi connectivity index (χ3v) is 11.2. The number of phosphoric ester groups is 1. The van der Waals surface area contributed by atoms with Gasteiger partial charge in [-0.25, -0.2) is 4.57 Å². The van der Waals surface area contributed by atoms with Crippen LogP contribution in [0.25, 0.3) is 0 Å². The molecule has 1 rings (SSSR count). The lowest BCUT2D eigenvalue weighted by molar-refractivity contribution is -0.870. The number of carbonyl (C=O) groups is 2. The number of rotatable bonds is 37. The zero-order chi connectivity index (χ0) is 44.5. The van der Waals surface area contributed by atoms with Gasteiger partial charge in [-0.1, -0.05) is 114 Å². The highest BCUT2D eigenvalue weighted by Crippen LogP contribution is 2.43. The monoisotopic (exact) mass is 865 g/mol. The Hall–Kier alpha value is -2.79. The van der Waals surface area contributed by atoms with Crippen LogP contribution in [-0.2, 0) is 45.5 Å². The van der Waals surface area contributed by atoms with Gasteiger partial charge in [0.2, 0.25) is 0 Å². The lowest BCUT2D eigenvalue weighted by Gasteiger charge is -2.24. The fraction of sp³-hybridized carbons (Fsp3) is 0.708. The van der Waals surface area contributed by atoms with Crippen LogP contribution < -0.4 is 0 Å². The summed E-state index contributed by atoms with van der Waals surface area (Å²) < 4.78 is 40.4. The van der Waals surface area contributed by atoms with Crippen LogP contribution in [0, 0.1) is 13.8 Å². The first-order chi connectivity index (χ1) is 28.7. The number of nitrogens with zero attached hydrogens (tertiary/aromatic N) is 1. The van der Waals surface area contributed by atoms with Crippen molar-refractivity contribution >= 4 is 19.8 Å². The predicted molar refractivity (Wildman–Crippen MR) is 243 cm³/mol. The summed E-state index contributed by atoms with van der Waals surface area (Å²) in [6, 6.07) is 0. The van der Waals surface area contributed by atoms with Crippen LogP contribution in [0.15, 0.2) is 53.0 Å². The Morgan fingerprint density at radius 3 is 1.97 bits per heavy atom. The average molecular weight is 865 g/mol. The maximum Gasteiger partial charge on any atom is 0.472 e. The Bertz CT molecular complexity index is 1460. The number of aliphatic hydroxyl groups excluding tert-OH is 1. The van der Waals surface area contributed by atoms with Crippen LogP contribution in [0.3, 0.4) is 0 Å². The fourth-order valence-corrected chi connectivity index (χ4v) is 6.98. The lowest BCUT2D eigenvalue weighted by atomic mass is 10.0. The van der Waals surface area contributed by atoms with Gasteiger partial charge in [0.15, 0.2) is 6.10 Å². The number of quaternary nitrogens is 1. The third-order valence-electron chi connectivity index (χ3n) is 10.2. The molecular formula is C48H83NO10P+. The van der Waals surface area contributed by atoms with E-state index in [0.29, 0.717) is 30.3 Å². The second-order valence-corrected chi connectivity index (χ2v) is 18.3. The highest BCUT2D eigenvalue weighted by Gasteiger charge is 2.27. The van der Waals surface area contributed by atoms with Crippen molar-refractivity contribution in [3.8, 4) is 0 Å². The smallest absolute Gasteiger partial charge is 0.466 e. The Morgan fingerprint density at radius 2 is 1.30 bits per heavy atom. The van der Waals surface area contributed by atoms with Crippen LogP contribution in [-0.4, -0.2) is 86.1 Å². The SMILES string of the molecule is CCCCC/C=C\C/C=C\C/C=C\C=C\[C@H](O)CCCC(=O)O[C@H](COC(=O)CCCCCCCCc1oc(CCCCC)c(C)c1C)COP(=O)(O)OCC[N+](C)(C)C. The summed E-state index contributed by atoms with van der Waals surface area (Å²) in [5.74, 6) is 1.22. The third kappa shape index (κ3) is 30.3. The molecule has 344 valence electrons. The molecule has 1 heterocycles. The number of esters is 2. The number of carbonyl (C=O) groups excluding carboxylic acids is 2. The highest BCUT2D eigenvalue weighted by molar-refractivity contribution is 7.47. The summed E-state index contributed by atoms with van der Waals surface area (Å²) in [5.41, 5.74) is 2.59. The van der Waals surface area contributed by atoms with Gasteiger partial charge in [0.05, 0.1) is 33.9 Å². The maximum atomic E-state index is 12.7. The maximum absolute atomic E-state index is 12.7. The zero-order valence-electron chi connectivity index (χ0n) is 38.5. The number of likely N-dealkylation sites (N-methyl/N-ethyl adjacent to an activating group) is 1. The molecule has 0 aromatic carbocycles. The number of hydrogen-bond acceptors (Lipinski definition) is 9. The standard InChI is InChI=1S/C48H82NO10P/c1-8-10-12-13-14-15-16-17-18-19-20-23-27-31-43(50)32-30-36-48(52)58-44(40-57-60(53,54)56-38-37-49(5,6)7)39-55-47(51)35-29-25-22-21-24-28-34-46-42(4)41(3)45(59-46)33-26-11-9-2/h14-15,17-18,20,23,27,31,43-44,50H,8-13,16,19,21-22,24-26,28-30,32-40H2,1-7H3/p+1/b15-14-,18-17-,23-20-,31-27+/t43-,44+/m0/s1. The Labute approximate surface area is 363 Å². The van der Waals surface area contributed by atoms with Crippen molar-refractivity contribution in [3.63, 3.8) is 0 Å². The minimum Gasteiger partial charge on any atom is -0.466 e. The highest BCUT2D eigenvalue weighted by atomic mass is 31.2. The molecule has 1 aromatic heterocycles. The molecule has 2 N–H and O–H groups in total. The average Bonchev–Trinajstić information content (AvgIpc) is 3.45. The van der Waals surface area contributed by atoms with Gasteiger partial charge in [-0.2, -0.15) is 0 Å². The van der Waals surface area contributed by atoms with Crippen LogP contribution >= 0.6 is 7.82 Å². The quantitative estimate of drug-likeness (QED) is 0.0166. The largest absolute Gasteiger partial charge is 0.472 e. The summed E-state index contributed by atoms with van der Waals surface area (Å²) in [5, 5.41) is 10.3. The van der Waals surface area contributed by atoms with Crippen LogP contribution in [0.2, 0.25) is 0 Å². The zero-order valence-corrected chi connectivity index (χ0v) is 39.4. The van der Waals surface area contributed by atoms with E-state index in [4.69, 9.17) is 22.9 Å². The van der Waals surface area contributed by atoms with Gasteiger partial charge in [0.1, 0.15) is 31.3 Å². The van der Waals surface area contributed by atoms with Crippen molar-refractivity contribution < 1.29 is 51.6 Å². The van der Waals surface area contributed by atoms with Gasteiger partial charge in [0, 0.05) is 25.7 Å². The second kappa shape index (κ2) is 33.8. The van der Waals surface area contributed by atoms with E-state index < -0.39 is 38.6 Å². The van der Waals surface area contributed by atoms with Gasteiger partial charge in [0.25, 0.3) is 0 Å². The van der Waals surface area contributed by atoms with Crippen molar-refractivity contribution in [1.82, 2.24) is 0 Å². The molecule has 1 unspecified atom stereocenters. The van der Waals surface area contributed by atoms with E-state index >= 15 is 0 Å². The van der Waals surface area contributed by atoms with Gasteiger partial charge in [-0.05, 0) is 82.8 Å². The molecule has 0 radical (unpaired) electrons. The van der Waals surface area contributed by atoms with Gasteiger partial charge >= 0.3 is 19.8 Å². The first kappa shape index (κ1) is 55.2. The number of unbranched alkanes of at least 4 members (excludes halogenated alkanes) is 10. The number of phosphoric acid groups is 1. The van der Waals surface area contributed by atoms with Crippen molar-refractivity contribution in [2.24, 2.45) is 0 Å². The molecule has 12 heteroatoms. The van der Waals surface area contributed by atoms with E-state index in [-0.39, 0.29) is 26.1 Å². The van der Waals surface area contributed by atoms with Crippen LogP contribution in [0.1, 0.15) is 158 Å². The first-order valence-corrected chi connectivity index (χ1v) is 24.3. The van der Waals surface area contributed by atoms with E-state index in [1.807, 2.05) is 33.3 Å². The van der Waals surface area contributed by atoms with Gasteiger partial charge in [-0.15, -0.1) is 0 Å². The molecular weight excluding hydrogens is 781 g/mol. The fourth-order valence-electron chi connectivity index (χ4n) is 6.24. The number of ether oxygens (including phenoxy) is 2. The van der Waals surface area contributed by atoms with Crippen molar-refractivity contribution in [3.05, 3.63) is 71.3 Å². The minimum absolute atomic E-state index is 0.000656. The molecule has 0 aliphatic carbocycles. The van der Waals surface area contributed by atoms with E-state index in [1.54, 1.807) is 12.2 Å². The number of hydrogen-bond donors (Lipinski definition) is 2. The summed E-state index contributed by atoms with van der Waals surface area (Å²) in [6.07, 6.45) is 33.1. The molecule has 0 spiro atoms. The summed E-state index contributed by atoms with van der Waals surface area (Å²) in [7, 11) is 1.33. The minimum atomic E-state index is -4.45. The molecule has 3 atom stereocenters. The normalized spacial score (nSPS) is 14.5. The van der Waals surface area contributed by atoms with E-state index in [9.17, 15) is 24.2 Å². The van der Waals surface area contributed by atoms with Crippen molar-refractivity contribution in [1.29, 1.82) is 0 Å². The molecule has 60 heavy (non-hydrogen) atoms. The first-order valence-electron chi connectivity index (χ1n) is 22.8. The molecule has 11 nitrogen and oxygen atoms in total. The number of allylic oxidation sites excluding steroid dienone is 7. The molecule has 0 aliphatic heterocycles. The van der Waals surface area contributed by atoms with E-state index in [0.717, 1.165) is 75.7 Å². The molecule has 0 aliphatic rings. The van der Waals surface area contributed by atoms with Gasteiger partial charge in [-0.3, -0.25) is 18.6 Å². The number of aliphatic hydroxyl groups is 1.